The first-order valence-corrected chi connectivity index (χ1v) is 10.2. The molecule has 1 aromatic heterocycles. The van der Waals surface area contributed by atoms with E-state index in [2.05, 4.69) is 20.6 Å². The molecule has 0 aromatic carbocycles. The third kappa shape index (κ3) is 6.77. The molecule has 7 N–H and O–H groups in total. The molecule has 1 saturated heterocycles. The number of nitrogens with zero attached hydrogens (tertiary/aromatic N) is 2. The molecule has 1 aliphatic heterocycles. The number of likely N-dealkylation sites (tertiary alicyclic amines) is 1. The largest absolute Gasteiger partial charge is 0.481 e. The van der Waals surface area contributed by atoms with Gasteiger partial charge in [0.1, 0.15) is 18.1 Å². The molecule has 13 nitrogen and oxygen atoms in total. The minimum absolute atomic E-state index is 0.0478. The van der Waals surface area contributed by atoms with Crippen molar-refractivity contribution in [1.82, 2.24) is 25.5 Å². The molecule has 1 fully saturated rings. The summed E-state index contributed by atoms with van der Waals surface area (Å²) in [5.74, 6) is -4.13. The Morgan fingerprint density at radius 1 is 1.25 bits per heavy atom. The summed E-state index contributed by atoms with van der Waals surface area (Å²) in [5, 5.41) is 23.0. The number of hydrogen-bond donors (Lipinski definition) is 6. The average Bonchev–Trinajstić information content (AvgIpc) is 3.42. The third-order valence-electron chi connectivity index (χ3n) is 5.17. The molecule has 2 heterocycles. The lowest BCUT2D eigenvalue weighted by Gasteiger charge is -2.28. The van der Waals surface area contributed by atoms with E-state index in [0.717, 1.165) is 0 Å². The van der Waals surface area contributed by atoms with Crippen LogP contribution in [0.1, 0.15) is 38.3 Å². The molecule has 0 saturated carbocycles. The van der Waals surface area contributed by atoms with Crippen LogP contribution in [0.5, 0.6) is 0 Å². The van der Waals surface area contributed by atoms with E-state index in [0.29, 0.717) is 18.5 Å². The van der Waals surface area contributed by atoms with Crippen LogP contribution >= 0.6 is 0 Å². The zero-order valence-electron chi connectivity index (χ0n) is 17.6. The van der Waals surface area contributed by atoms with Crippen molar-refractivity contribution in [1.29, 1.82) is 0 Å². The molecule has 4 unspecified atom stereocenters. The Hall–Kier alpha value is -3.48. The summed E-state index contributed by atoms with van der Waals surface area (Å²) in [5.41, 5.74) is 6.20. The Kier molecular flexibility index (Phi) is 8.70. The first-order valence-electron chi connectivity index (χ1n) is 10.2. The number of aliphatic carboxylic acids is 2. The lowest BCUT2D eigenvalue weighted by atomic mass is 10.1. The number of rotatable bonds is 11. The van der Waals surface area contributed by atoms with Gasteiger partial charge in [-0.25, -0.2) is 9.78 Å². The van der Waals surface area contributed by atoms with E-state index in [1.165, 1.54) is 24.3 Å². The van der Waals surface area contributed by atoms with Crippen LogP contribution < -0.4 is 16.4 Å². The number of hydrogen-bond acceptors (Lipinski definition) is 7. The van der Waals surface area contributed by atoms with Crippen molar-refractivity contribution in [2.24, 2.45) is 5.73 Å². The quantitative estimate of drug-likeness (QED) is 0.224. The molecule has 32 heavy (non-hydrogen) atoms. The molecule has 0 spiro atoms. The molecular formula is C19H28N6O7. The van der Waals surface area contributed by atoms with E-state index in [-0.39, 0.29) is 25.8 Å². The predicted molar refractivity (Wildman–Crippen MR) is 109 cm³/mol. The number of carboxylic acids is 2. The van der Waals surface area contributed by atoms with Gasteiger partial charge in [-0.1, -0.05) is 0 Å². The fourth-order valence-corrected chi connectivity index (χ4v) is 3.40. The molecule has 13 heteroatoms. The fraction of sp³-hybridized carbons (Fsp3) is 0.579. The first-order chi connectivity index (χ1) is 15.1. The zero-order chi connectivity index (χ0) is 23.8. The number of carbonyl (C=O) groups excluding carboxylic acids is 3. The summed E-state index contributed by atoms with van der Waals surface area (Å²) in [6, 6.07) is -4.22. The minimum Gasteiger partial charge on any atom is -0.481 e. The molecule has 0 radical (unpaired) electrons. The summed E-state index contributed by atoms with van der Waals surface area (Å²) in [4.78, 5) is 67.9. The van der Waals surface area contributed by atoms with Gasteiger partial charge < -0.3 is 36.5 Å². The third-order valence-corrected chi connectivity index (χ3v) is 5.17. The topological polar surface area (TPSA) is 208 Å². The van der Waals surface area contributed by atoms with E-state index >= 15 is 0 Å². The predicted octanol–water partition coefficient (Wildman–Crippen LogP) is -1.79. The van der Waals surface area contributed by atoms with Crippen LogP contribution in [0.3, 0.4) is 0 Å². The van der Waals surface area contributed by atoms with Crippen molar-refractivity contribution >= 4 is 29.7 Å². The van der Waals surface area contributed by atoms with E-state index in [4.69, 9.17) is 10.8 Å². The number of imidazole rings is 1. The van der Waals surface area contributed by atoms with Crippen molar-refractivity contribution in [3.05, 3.63) is 18.2 Å². The molecule has 4 atom stereocenters. The number of nitrogens with two attached hydrogens (primary N) is 1. The van der Waals surface area contributed by atoms with Crippen molar-refractivity contribution in [2.45, 2.75) is 63.2 Å². The average molecular weight is 452 g/mol. The molecular weight excluding hydrogens is 424 g/mol. The molecule has 3 amide bonds. The lowest BCUT2D eigenvalue weighted by Crippen LogP contribution is -2.57. The lowest BCUT2D eigenvalue weighted by molar-refractivity contribution is -0.149. The van der Waals surface area contributed by atoms with Gasteiger partial charge in [-0.15, -0.1) is 0 Å². The number of aromatic nitrogens is 2. The van der Waals surface area contributed by atoms with Gasteiger partial charge in [0, 0.05) is 31.3 Å². The Balaban J connectivity index is 2.05. The summed E-state index contributed by atoms with van der Waals surface area (Å²) in [7, 11) is 0. The Labute approximate surface area is 183 Å². The second-order valence-corrected chi connectivity index (χ2v) is 7.64. The number of amides is 3. The number of aromatic amines is 1. The van der Waals surface area contributed by atoms with Gasteiger partial charge in [-0.05, 0) is 26.2 Å². The van der Waals surface area contributed by atoms with Gasteiger partial charge in [0.05, 0.1) is 12.4 Å². The Morgan fingerprint density at radius 2 is 1.97 bits per heavy atom. The highest BCUT2D eigenvalue weighted by molar-refractivity contribution is 5.94. The van der Waals surface area contributed by atoms with Crippen LogP contribution in [0.15, 0.2) is 12.5 Å². The van der Waals surface area contributed by atoms with E-state index < -0.39 is 53.8 Å². The number of nitrogens with one attached hydrogen (secondary N) is 3. The molecule has 0 aliphatic carbocycles. The smallest absolute Gasteiger partial charge is 0.326 e. The van der Waals surface area contributed by atoms with Gasteiger partial charge in [0.15, 0.2) is 0 Å². The van der Waals surface area contributed by atoms with Crippen LogP contribution in [0, 0.1) is 0 Å². The number of H-pyrrole nitrogens is 1. The van der Waals surface area contributed by atoms with Crippen LogP contribution in [0.2, 0.25) is 0 Å². The molecule has 176 valence electrons. The number of carboxylic acid groups (broad SMARTS) is 2. The van der Waals surface area contributed by atoms with Crippen LogP contribution in [-0.2, 0) is 30.4 Å². The van der Waals surface area contributed by atoms with Crippen molar-refractivity contribution in [3.63, 3.8) is 0 Å². The second kappa shape index (κ2) is 11.2. The number of carbonyl (C=O) groups is 5. The maximum absolute atomic E-state index is 13.1. The van der Waals surface area contributed by atoms with Gasteiger partial charge in [-0.2, -0.15) is 0 Å². The Morgan fingerprint density at radius 3 is 2.56 bits per heavy atom. The highest BCUT2D eigenvalue weighted by atomic mass is 16.4. The highest BCUT2D eigenvalue weighted by Crippen LogP contribution is 2.19. The summed E-state index contributed by atoms with van der Waals surface area (Å²) < 4.78 is 0. The van der Waals surface area contributed by atoms with Crippen molar-refractivity contribution < 1.29 is 34.2 Å². The van der Waals surface area contributed by atoms with E-state index in [1.807, 2.05) is 0 Å². The SMILES string of the molecule is CC(NC(=O)C(N)CCC(=O)O)C(=O)NC(Cc1cnc[nH]1)C(=O)N1CCCC1C(=O)O. The molecule has 1 aromatic rings. The normalized spacial score (nSPS) is 18.4. The second-order valence-electron chi connectivity index (χ2n) is 7.64. The van der Waals surface area contributed by atoms with Crippen LogP contribution in [-0.4, -0.2) is 85.5 Å². The summed E-state index contributed by atoms with van der Waals surface area (Å²) in [6.07, 6.45) is 3.42. The fourth-order valence-electron chi connectivity index (χ4n) is 3.40. The Bertz CT molecular complexity index is 843. The van der Waals surface area contributed by atoms with Gasteiger partial charge in [0.25, 0.3) is 0 Å². The highest BCUT2D eigenvalue weighted by Gasteiger charge is 2.38. The van der Waals surface area contributed by atoms with Crippen molar-refractivity contribution in [3.8, 4) is 0 Å². The van der Waals surface area contributed by atoms with Crippen LogP contribution in [0.4, 0.5) is 0 Å². The molecule has 0 bridgehead atoms. The molecule has 2 rings (SSSR count). The van der Waals surface area contributed by atoms with Crippen molar-refractivity contribution in [2.75, 3.05) is 6.54 Å². The maximum Gasteiger partial charge on any atom is 0.326 e. The standard InChI is InChI=1S/C19H28N6O7/c1-10(23-17(29)12(20)4-5-15(26)27)16(28)24-13(7-11-8-21-9-22-11)18(30)25-6-2-3-14(25)19(31)32/h8-10,12-14H,2-7,20H2,1H3,(H,21,22)(H,23,29)(H,24,28)(H,26,27)(H,31,32). The van der Waals surface area contributed by atoms with E-state index in [9.17, 15) is 29.1 Å². The van der Waals surface area contributed by atoms with Gasteiger partial charge in [-0.3, -0.25) is 19.2 Å². The molecule has 1 aliphatic rings. The zero-order valence-corrected chi connectivity index (χ0v) is 17.6. The van der Waals surface area contributed by atoms with Gasteiger partial charge in [0.2, 0.25) is 17.7 Å². The summed E-state index contributed by atoms with van der Waals surface area (Å²) in [6.45, 7) is 1.65. The van der Waals surface area contributed by atoms with Gasteiger partial charge >= 0.3 is 11.9 Å². The minimum atomic E-state index is -1.11. The van der Waals surface area contributed by atoms with Crippen LogP contribution in [0.25, 0.3) is 0 Å². The van der Waals surface area contributed by atoms with E-state index in [1.54, 1.807) is 0 Å². The first kappa shape index (κ1) is 24.8. The summed E-state index contributed by atoms with van der Waals surface area (Å²) >= 11 is 0. The maximum atomic E-state index is 13.1. The monoisotopic (exact) mass is 452 g/mol.